The predicted molar refractivity (Wildman–Crippen MR) is 115 cm³/mol. The number of ketones is 2. The van der Waals surface area contributed by atoms with Crippen molar-refractivity contribution in [2.24, 2.45) is 0 Å². The van der Waals surface area contributed by atoms with E-state index in [4.69, 9.17) is 14.2 Å². The monoisotopic (exact) mass is 523 g/mol. The second-order valence-electron chi connectivity index (χ2n) is 8.96. The second-order valence-corrected chi connectivity index (χ2v) is 8.96. The summed E-state index contributed by atoms with van der Waals surface area (Å²) in [5.74, 6) is -1.18. The van der Waals surface area contributed by atoms with Gasteiger partial charge in [-0.05, 0) is 0 Å². The highest BCUT2D eigenvalue weighted by Gasteiger charge is 2.52. The minimum Gasteiger partial charge on any atom is -0.394 e. The Labute approximate surface area is 208 Å². The fourth-order valence-corrected chi connectivity index (χ4v) is 4.74. The highest BCUT2D eigenvalue weighted by atomic mass is 16.7. The first-order chi connectivity index (χ1) is 17.7. The van der Waals surface area contributed by atoms with Gasteiger partial charge in [-0.15, -0.1) is 5.10 Å². The van der Waals surface area contributed by atoms with Crippen molar-refractivity contribution >= 4 is 11.6 Å². The molecule has 10 atom stereocenters. The summed E-state index contributed by atoms with van der Waals surface area (Å²) in [5, 5.41) is 78.8. The topological polar surface area (TPSA) is 234 Å². The quantitative estimate of drug-likeness (QED) is 0.168. The molecule has 1 aromatic carbocycles. The second kappa shape index (κ2) is 9.88. The van der Waals surface area contributed by atoms with Gasteiger partial charge in [0.05, 0.1) is 13.2 Å². The number of aromatic nitrogens is 3. The smallest absolute Gasteiger partial charge is 0.216 e. The normalized spacial score (nSPS) is 37.8. The summed E-state index contributed by atoms with van der Waals surface area (Å²) in [7, 11) is 0. The number of carbonyl (C=O) groups is 2. The molecule has 3 aliphatic rings. The summed E-state index contributed by atoms with van der Waals surface area (Å²) < 4.78 is 17.4. The van der Waals surface area contributed by atoms with Crippen molar-refractivity contribution in [2.75, 3.05) is 13.2 Å². The van der Waals surface area contributed by atoms with Crippen molar-refractivity contribution in [3.63, 3.8) is 0 Å². The number of benzene rings is 1. The average molecular weight is 523 g/mol. The third-order valence-corrected chi connectivity index (χ3v) is 6.76. The van der Waals surface area contributed by atoms with Gasteiger partial charge in [-0.1, -0.05) is 29.5 Å². The lowest BCUT2D eigenvalue weighted by Gasteiger charge is -2.46. The van der Waals surface area contributed by atoms with E-state index in [0.717, 1.165) is 4.68 Å². The lowest BCUT2D eigenvalue weighted by Crippen LogP contribution is -2.63. The third kappa shape index (κ3) is 4.09. The molecule has 1 aromatic heterocycles. The molecule has 2 aromatic rings. The van der Waals surface area contributed by atoms with Crippen LogP contribution in [0.2, 0.25) is 0 Å². The molecule has 2 saturated heterocycles. The first-order valence-corrected chi connectivity index (χ1v) is 11.4. The molecule has 1 aliphatic carbocycles. The number of fused-ring (bicyclic) bond motifs is 2. The maximum atomic E-state index is 13.2. The van der Waals surface area contributed by atoms with E-state index in [-0.39, 0.29) is 22.5 Å². The van der Waals surface area contributed by atoms with E-state index < -0.39 is 86.1 Å². The Morgan fingerprint density at radius 3 is 2.11 bits per heavy atom. The van der Waals surface area contributed by atoms with Gasteiger partial charge in [0.25, 0.3) is 0 Å². The lowest BCUT2D eigenvalue weighted by molar-refractivity contribution is -0.347. The highest BCUT2D eigenvalue weighted by molar-refractivity contribution is 6.26. The minimum absolute atomic E-state index is 0.0944. The van der Waals surface area contributed by atoms with E-state index in [1.54, 1.807) is 12.1 Å². The van der Waals surface area contributed by atoms with Crippen molar-refractivity contribution in [2.45, 2.75) is 61.3 Å². The van der Waals surface area contributed by atoms with Crippen LogP contribution in [-0.2, 0) is 14.2 Å². The van der Waals surface area contributed by atoms with Gasteiger partial charge >= 0.3 is 0 Å². The molecule has 15 heteroatoms. The molecule has 200 valence electrons. The molecule has 2 aliphatic heterocycles. The van der Waals surface area contributed by atoms with Gasteiger partial charge in [-0.3, -0.25) is 9.59 Å². The van der Waals surface area contributed by atoms with Crippen molar-refractivity contribution < 1.29 is 59.5 Å². The molecule has 7 N–H and O–H groups in total. The lowest BCUT2D eigenvalue weighted by atomic mass is 9.90. The molecule has 0 unspecified atom stereocenters. The standard InChI is InChI=1S/C22H25N3O12/c26-5-9-15(30)16(31)19(34)22(36-9)37-20-10(6-27)35-21(18(33)17(20)32)25-12-11(23-24-25)13(28)7-3-1-2-4-8(7)14(12)29/h1-4,9-10,15-22,26-27,30-34H,5-6H2/t9-,10-,15+,16+,17-,18-,19-,20-,21-,22+/m1/s1. The maximum absolute atomic E-state index is 13.2. The first kappa shape index (κ1) is 25.9. The van der Waals surface area contributed by atoms with Crippen LogP contribution in [0.1, 0.15) is 38.3 Å². The van der Waals surface area contributed by atoms with Crippen LogP contribution in [0.3, 0.4) is 0 Å². The first-order valence-electron chi connectivity index (χ1n) is 11.4. The summed E-state index contributed by atoms with van der Waals surface area (Å²) in [4.78, 5) is 26.0. The van der Waals surface area contributed by atoms with E-state index in [1.807, 2.05) is 0 Å². The van der Waals surface area contributed by atoms with E-state index in [9.17, 15) is 45.3 Å². The molecule has 2 fully saturated rings. The zero-order valence-corrected chi connectivity index (χ0v) is 19.0. The predicted octanol–water partition coefficient (Wildman–Crippen LogP) is -4.15. The van der Waals surface area contributed by atoms with Gasteiger partial charge in [0, 0.05) is 11.1 Å². The fourth-order valence-electron chi connectivity index (χ4n) is 4.74. The molecular weight excluding hydrogens is 498 g/mol. The Hall–Kier alpha value is -2.70. The van der Waals surface area contributed by atoms with Crippen molar-refractivity contribution in [1.82, 2.24) is 15.0 Å². The van der Waals surface area contributed by atoms with Gasteiger partial charge in [0.2, 0.25) is 11.6 Å². The van der Waals surface area contributed by atoms with Crippen molar-refractivity contribution in [3.8, 4) is 0 Å². The van der Waals surface area contributed by atoms with Gasteiger partial charge in [0.15, 0.2) is 18.2 Å². The number of nitrogens with zero attached hydrogens (tertiary/aromatic N) is 3. The van der Waals surface area contributed by atoms with E-state index in [0.29, 0.717) is 0 Å². The molecule has 0 spiro atoms. The summed E-state index contributed by atoms with van der Waals surface area (Å²) >= 11 is 0. The molecule has 0 amide bonds. The van der Waals surface area contributed by atoms with E-state index in [1.165, 1.54) is 12.1 Å². The molecule has 3 heterocycles. The van der Waals surface area contributed by atoms with E-state index in [2.05, 4.69) is 10.3 Å². The van der Waals surface area contributed by atoms with Crippen LogP contribution >= 0.6 is 0 Å². The van der Waals surface area contributed by atoms with Gasteiger partial charge in [0.1, 0.15) is 54.5 Å². The van der Waals surface area contributed by atoms with Crippen LogP contribution in [0.4, 0.5) is 0 Å². The van der Waals surface area contributed by atoms with Crippen LogP contribution in [0.15, 0.2) is 24.3 Å². The van der Waals surface area contributed by atoms with Crippen LogP contribution < -0.4 is 0 Å². The van der Waals surface area contributed by atoms with Crippen LogP contribution in [0.25, 0.3) is 0 Å². The summed E-state index contributed by atoms with van der Waals surface area (Å²) in [5.41, 5.74) is -0.311. The Morgan fingerprint density at radius 1 is 0.811 bits per heavy atom. The van der Waals surface area contributed by atoms with Crippen LogP contribution in [0, 0.1) is 0 Å². The number of hydrogen-bond donors (Lipinski definition) is 7. The number of aliphatic hydroxyl groups is 7. The Kier molecular flexibility index (Phi) is 6.92. The van der Waals surface area contributed by atoms with Crippen LogP contribution in [-0.4, -0.2) is 131 Å². The summed E-state index contributed by atoms with van der Waals surface area (Å²) in [6.45, 7) is -1.51. The summed E-state index contributed by atoms with van der Waals surface area (Å²) in [6.07, 6.45) is -16.4. The zero-order valence-electron chi connectivity index (χ0n) is 19.0. The number of rotatable bonds is 5. The third-order valence-electron chi connectivity index (χ3n) is 6.76. The average Bonchev–Trinajstić information content (AvgIpc) is 3.35. The van der Waals surface area contributed by atoms with Crippen molar-refractivity contribution in [3.05, 3.63) is 46.8 Å². The number of carbonyl (C=O) groups excluding carboxylic acids is 2. The minimum atomic E-state index is -1.84. The maximum Gasteiger partial charge on any atom is 0.216 e. The largest absolute Gasteiger partial charge is 0.394 e. The number of ether oxygens (including phenoxy) is 3. The molecule has 15 nitrogen and oxygen atoms in total. The van der Waals surface area contributed by atoms with Gasteiger partial charge in [-0.2, -0.15) is 0 Å². The zero-order chi connectivity index (χ0) is 26.6. The van der Waals surface area contributed by atoms with Gasteiger partial charge in [-0.25, -0.2) is 4.68 Å². The van der Waals surface area contributed by atoms with E-state index >= 15 is 0 Å². The highest BCUT2D eigenvalue weighted by Crippen LogP contribution is 2.35. The van der Waals surface area contributed by atoms with Crippen LogP contribution in [0.5, 0.6) is 0 Å². The number of hydrogen-bond acceptors (Lipinski definition) is 14. The Morgan fingerprint density at radius 2 is 1.46 bits per heavy atom. The molecule has 0 radical (unpaired) electrons. The summed E-state index contributed by atoms with van der Waals surface area (Å²) in [6, 6.07) is 6.08. The van der Waals surface area contributed by atoms with Gasteiger partial charge < -0.3 is 50.0 Å². The number of aliphatic hydroxyl groups excluding tert-OH is 7. The molecule has 37 heavy (non-hydrogen) atoms. The van der Waals surface area contributed by atoms with Crippen molar-refractivity contribution in [1.29, 1.82) is 0 Å². The Balaban J connectivity index is 1.41. The molecule has 5 rings (SSSR count). The Bertz CT molecular complexity index is 1190. The molecule has 0 saturated carbocycles. The fraction of sp³-hybridized carbons (Fsp3) is 0.545. The molecule has 0 bridgehead atoms. The molecular formula is C22H25N3O12. The SMILES string of the molecule is O=C1c2ccccc2C(=O)c2c1nnn2[C@@H]1O[C@H](CO)[C@@H](O[C@@H]2O[C@H](CO)[C@H](O)[C@H](O)[C@H]2O)[C@H](O)[C@H]1O.